The number of nitrogens with one attached hydrogen (secondary N) is 1. The molecule has 2 aromatic carbocycles. The molecule has 0 saturated heterocycles. The number of carbonyl (C=O) groups excluding carboxylic acids is 1. The van der Waals surface area contributed by atoms with E-state index >= 15 is 0 Å². The maximum absolute atomic E-state index is 11.8. The van der Waals surface area contributed by atoms with Crippen LogP contribution in [0.3, 0.4) is 0 Å². The van der Waals surface area contributed by atoms with Crippen molar-refractivity contribution >= 4 is 23.3 Å². The van der Waals surface area contributed by atoms with Crippen LogP contribution in [0.1, 0.15) is 5.56 Å². The molecule has 1 aliphatic heterocycles. The Morgan fingerprint density at radius 3 is 2.57 bits per heavy atom. The fourth-order valence-electron chi connectivity index (χ4n) is 2.65. The number of nitro groups is 1. The third-order valence-corrected chi connectivity index (χ3v) is 3.80. The number of hydrogen-bond acceptors (Lipinski definition) is 4. The fourth-order valence-corrected chi connectivity index (χ4v) is 2.65. The molecule has 2 N–H and O–H groups in total. The standard InChI is InChI=1S/C16H12N2O5/c19-15-12(16(20)21)7-10-6-11(9-4-2-1-3-5-9)14(18(22)23)8-13(10)17-15/h1-6,8,12H,7H2,(H,17,19)(H,20,21). The van der Waals surface area contributed by atoms with Crippen molar-refractivity contribution in [3.8, 4) is 11.1 Å². The highest BCUT2D eigenvalue weighted by molar-refractivity contribution is 6.07. The number of rotatable bonds is 3. The summed E-state index contributed by atoms with van der Waals surface area (Å²) in [5, 5.41) is 22.9. The molecule has 7 nitrogen and oxygen atoms in total. The molecule has 1 unspecified atom stereocenters. The third-order valence-electron chi connectivity index (χ3n) is 3.80. The summed E-state index contributed by atoms with van der Waals surface area (Å²) in [6.45, 7) is 0. The molecule has 3 rings (SSSR count). The quantitative estimate of drug-likeness (QED) is 0.514. The van der Waals surface area contributed by atoms with Crippen molar-refractivity contribution in [3.63, 3.8) is 0 Å². The average Bonchev–Trinajstić information content (AvgIpc) is 2.53. The van der Waals surface area contributed by atoms with Gasteiger partial charge in [-0.25, -0.2) is 0 Å². The first-order chi connectivity index (χ1) is 11.0. The van der Waals surface area contributed by atoms with Gasteiger partial charge >= 0.3 is 5.97 Å². The number of carboxylic acids is 1. The van der Waals surface area contributed by atoms with Gasteiger partial charge in [0, 0.05) is 6.07 Å². The molecule has 1 atom stereocenters. The van der Waals surface area contributed by atoms with Gasteiger partial charge in [-0.2, -0.15) is 0 Å². The maximum Gasteiger partial charge on any atom is 0.316 e. The van der Waals surface area contributed by atoms with Crippen LogP contribution < -0.4 is 5.32 Å². The van der Waals surface area contributed by atoms with Gasteiger partial charge in [0.15, 0.2) is 0 Å². The Morgan fingerprint density at radius 2 is 1.96 bits per heavy atom. The van der Waals surface area contributed by atoms with E-state index in [0.717, 1.165) is 0 Å². The monoisotopic (exact) mass is 312 g/mol. The minimum atomic E-state index is -1.22. The average molecular weight is 312 g/mol. The summed E-state index contributed by atoms with van der Waals surface area (Å²) < 4.78 is 0. The second-order valence-corrected chi connectivity index (χ2v) is 5.23. The van der Waals surface area contributed by atoms with E-state index in [4.69, 9.17) is 5.11 Å². The summed E-state index contributed by atoms with van der Waals surface area (Å²) in [5.41, 5.74) is 1.78. The molecular formula is C16H12N2O5. The number of hydrogen-bond donors (Lipinski definition) is 2. The molecule has 0 aromatic heterocycles. The highest BCUT2D eigenvalue weighted by Gasteiger charge is 2.33. The van der Waals surface area contributed by atoms with E-state index in [-0.39, 0.29) is 12.1 Å². The highest BCUT2D eigenvalue weighted by Crippen LogP contribution is 2.37. The Balaban J connectivity index is 2.15. The van der Waals surface area contributed by atoms with E-state index in [9.17, 15) is 19.7 Å². The summed E-state index contributed by atoms with van der Waals surface area (Å²) in [6, 6.07) is 11.7. The molecule has 1 amide bonds. The molecule has 23 heavy (non-hydrogen) atoms. The minimum absolute atomic E-state index is 0.00826. The smallest absolute Gasteiger partial charge is 0.316 e. The lowest BCUT2D eigenvalue weighted by Gasteiger charge is -2.22. The highest BCUT2D eigenvalue weighted by atomic mass is 16.6. The number of benzene rings is 2. The van der Waals surface area contributed by atoms with Gasteiger partial charge in [-0.3, -0.25) is 19.7 Å². The van der Waals surface area contributed by atoms with Crippen LogP contribution in [0.2, 0.25) is 0 Å². The SMILES string of the molecule is O=C(O)C1Cc2cc(-c3ccccc3)c([N+](=O)[O-])cc2NC1=O. The third kappa shape index (κ3) is 2.64. The molecule has 0 aliphatic carbocycles. The van der Waals surface area contributed by atoms with E-state index in [2.05, 4.69) is 5.32 Å². The summed E-state index contributed by atoms with van der Waals surface area (Å²) in [7, 11) is 0. The topological polar surface area (TPSA) is 110 Å². The van der Waals surface area contributed by atoms with Crippen molar-refractivity contribution in [1.29, 1.82) is 0 Å². The molecule has 7 heteroatoms. The Hall–Kier alpha value is -3.22. The maximum atomic E-state index is 11.8. The number of anilines is 1. The Kier molecular flexibility index (Phi) is 3.53. The van der Waals surface area contributed by atoms with E-state index < -0.39 is 22.7 Å². The first kappa shape index (κ1) is 14.7. The number of fused-ring (bicyclic) bond motifs is 1. The van der Waals surface area contributed by atoms with Crippen LogP contribution in [0.5, 0.6) is 0 Å². The van der Waals surface area contributed by atoms with Gasteiger partial charge in [0.1, 0.15) is 5.92 Å². The van der Waals surface area contributed by atoms with E-state index in [1.54, 1.807) is 36.4 Å². The number of nitrogens with zero attached hydrogens (tertiary/aromatic N) is 1. The van der Waals surface area contributed by atoms with Gasteiger partial charge in [-0.05, 0) is 23.6 Å². The van der Waals surface area contributed by atoms with Crippen molar-refractivity contribution < 1.29 is 19.6 Å². The molecule has 0 fully saturated rings. The predicted octanol–water partition coefficient (Wildman–Crippen LogP) is 2.46. The zero-order valence-corrected chi connectivity index (χ0v) is 11.9. The summed E-state index contributed by atoms with van der Waals surface area (Å²) in [4.78, 5) is 33.7. The Labute approximate surface area is 130 Å². The van der Waals surface area contributed by atoms with Crippen LogP contribution in [-0.4, -0.2) is 21.9 Å². The molecule has 0 saturated carbocycles. The number of aliphatic carboxylic acids is 1. The first-order valence-corrected chi connectivity index (χ1v) is 6.88. The number of carbonyl (C=O) groups is 2. The summed E-state index contributed by atoms with van der Waals surface area (Å²) in [6.07, 6.45) is 0.00826. The van der Waals surface area contributed by atoms with Crippen molar-refractivity contribution in [2.24, 2.45) is 5.92 Å². The van der Waals surface area contributed by atoms with Crippen molar-refractivity contribution in [2.45, 2.75) is 6.42 Å². The summed E-state index contributed by atoms with van der Waals surface area (Å²) >= 11 is 0. The van der Waals surface area contributed by atoms with Crippen molar-refractivity contribution in [3.05, 3.63) is 58.1 Å². The molecule has 116 valence electrons. The lowest BCUT2D eigenvalue weighted by Crippen LogP contribution is -2.35. The number of amides is 1. The van der Waals surface area contributed by atoms with Gasteiger partial charge in [0.25, 0.3) is 5.69 Å². The van der Waals surface area contributed by atoms with Gasteiger partial charge in [-0.15, -0.1) is 0 Å². The zero-order valence-electron chi connectivity index (χ0n) is 11.9. The lowest BCUT2D eigenvalue weighted by molar-refractivity contribution is -0.384. The molecule has 1 heterocycles. The van der Waals surface area contributed by atoms with Crippen LogP contribution in [0.4, 0.5) is 11.4 Å². The Morgan fingerprint density at radius 1 is 1.26 bits per heavy atom. The second-order valence-electron chi connectivity index (χ2n) is 5.23. The Bertz CT molecular complexity index is 817. The number of carboxylic acid groups (broad SMARTS) is 1. The van der Waals surface area contributed by atoms with Crippen LogP contribution in [0.15, 0.2) is 42.5 Å². The molecule has 0 spiro atoms. The first-order valence-electron chi connectivity index (χ1n) is 6.88. The van der Waals surface area contributed by atoms with Gasteiger partial charge in [-0.1, -0.05) is 30.3 Å². The van der Waals surface area contributed by atoms with Crippen LogP contribution in [-0.2, 0) is 16.0 Å². The zero-order chi connectivity index (χ0) is 16.6. The van der Waals surface area contributed by atoms with E-state index in [1.807, 2.05) is 0 Å². The van der Waals surface area contributed by atoms with Crippen LogP contribution in [0, 0.1) is 16.0 Å². The molecule has 2 aromatic rings. The molecular weight excluding hydrogens is 300 g/mol. The van der Waals surface area contributed by atoms with Gasteiger partial charge in [0.2, 0.25) is 5.91 Å². The van der Waals surface area contributed by atoms with Gasteiger partial charge in [0.05, 0.1) is 16.2 Å². The molecule has 1 aliphatic rings. The van der Waals surface area contributed by atoms with E-state index in [0.29, 0.717) is 22.4 Å². The lowest BCUT2D eigenvalue weighted by atomic mass is 9.90. The second kappa shape index (κ2) is 5.53. The molecule has 0 bridgehead atoms. The minimum Gasteiger partial charge on any atom is -0.481 e. The fraction of sp³-hybridized carbons (Fsp3) is 0.125. The predicted molar refractivity (Wildman–Crippen MR) is 82.0 cm³/mol. The van der Waals surface area contributed by atoms with E-state index in [1.165, 1.54) is 6.07 Å². The van der Waals surface area contributed by atoms with Crippen molar-refractivity contribution in [2.75, 3.05) is 5.32 Å². The summed E-state index contributed by atoms with van der Waals surface area (Å²) in [5.74, 6) is -3.06. The normalized spacial score (nSPS) is 16.3. The largest absolute Gasteiger partial charge is 0.481 e. The van der Waals surface area contributed by atoms with Crippen LogP contribution in [0.25, 0.3) is 11.1 Å². The number of nitro benzene ring substituents is 1. The van der Waals surface area contributed by atoms with Crippen LogP contribution >= 0.6 is 0 Å². The molecule has 0 radical (unpaired) electrons. The van der Waals surface area contributed by atoms with Gasteiger partial charge < -0.3 is 10.4 Å². The van der Waals surface area contributed by atoms with Crippen molar-refractivity contribution in [1.82, 2.24) is 0 Å².